The Hall–Kier alpha value is -3.58. The van der Waals surface area contributed by atoms with Gasteiger partial charge in [-0.15, -0.1) is 0 Å². The molecule has 0 aliphatic heterocycles. The quantitative estimate of drug-likeness (QED) is 0.437. The first-order valence-corrected chi connectivity index (χ1v) is 10.0. The van der Waals surface area contributed by atoms with E-state index in [2.05, 4.69) is 21.8 Å². The molecular formula is C24H24FN5O. The lowest BCUT2D eigenvalue weighted by Crippen LogP contribution is -2.22. The minimum absolute atomic E-state index is 0.0524. The third kappa shape index (κ3) is 4.46. The van der Waals surface area contributed by atoms with E-state index in [1.54, 1.807) is 29.3 Å². The molecule has 0 N–H and O–H groups in total. The fourth-order valence-corrected chi connectivity index (χ4v) is 3.46. The van der Waals surface area contributed by atoms with Gasteiger partial charge in [0.15, 0.2) is 0 Å². The van der Waals surface area contributed by atoms with Gasteiger partial charge in [0.1, 0.15) is 23.6 Å². The molecule has 2 heterocycles. The number of benzene rings is 2. The van der Waals surface area contributed by atoms with E-state index in [1.807, 2.05) is 49.6 Å². The van der Waals surface area contributed by atoms with Crippen LogP contribution in [-0.4, -0.2) is 38.8 Å². The van der Waals surface area contributed by atoms with Crippen molar-refractivity contribution >= 4 is 0 Å². The number of nitrogens with zero attached hydrogens (tertiary/aromatic N) is 5. The zero-order chi connectivity index (χ0) is 21.8. The summed E-state index contributed by atoms with van der Waals surface area (Å²) in [6, 6.07) is 16.6. The number of methoxy groups -OCH3 is 1. The van der Waals surface area contributed by atoms with Crippen molar-refractivity contribution in [2.24, 2.45) is 0 Å². The monoisotopic (exact) mass is 417 g/mol. The molecule has 0 spiro atoms. The van der Waals surface area contributed by atoms with Crippen LogP contribution in [0.3, 0.4) is 0 Å². The Balaban J connectivity index is 1.72. The Labute approximate surface area is 181 Å². The van der Waals surface area contributed by atoms with Gasteiger partial charge < -0.3 is 4.74 Å². The van der Waals surface area contributed by atoms with Crippen molar-refractivity contribution in [2.75, 3.05) is 14.2 Å². The van der Waals surface area contributed by atoms with Crippen molar-refractivity contribution in [1.82, 2.24) is 24.6 Å². The fourth-order valence-electron chi connectivity index (χ4n) is 3.46. The normalized spacial score (nSPS) is 12.2. The third-order valence-corrected chi connectivity index (χ3v) is 5.36. The van der Waals surface area contributed by atoms with Gasteiger partial charge in [-0.1, -0.05) is 18.2 Å². The summed E-state index contributed by atoms with van der Waals surface area (Å²) in [5, 5.41) is 4.74. The van der Waals surface area contributed by atoms with Gasteiger partial charge in [0.05, 0.1) is 18.5 Å². The molecule has 31 heavy (non-hydrogen) atoms. The molecule has 0 radical (unpaired) electrons. The maximum absolute atomic E-state index is 14.9. The Morgan fingerprint density at radius 1 is 1.13 bits per heavy atom. The molecule has 158 valence electrons. The molecule has 7 heteroatoms. The standard InChI is InChI=1S/C24H24FN5O/c1-17(23-11-12-26-16-27-23)29(2)14-18-15-30(19-7-5-4-6-8-19)28-24(18)21-10-9-20(31-3)13-22(21)25/h4-13,15-17H,14H2,1-3H3/t17-/m1/s1. The molecule has 0 aliphatic rings. The lowest BCUT2D eigenvalue weighted by atomic mass is 10.1. The molecular weight excluding hydrogens is 393 g/mol. The molecule has 4 rings (SSSR count). The number of aromatic nitrogens is 4. The molecule has 4 aromatic rings. The molecule has 2 aromatic heterocycles. The Bertz CT molecular complexity index is 1150. The number of rotatable bonds is 7. The molecule has 0 fully saturated rings. The van der Waals surface area contributed by atoms with Gasteiger partial charge in [-0.05, 0) is 44.3 Å². The molecule has 2 aromatic carbocycles. The van der Waals surface area contributed by atoms with E-state index in [1.165, 1.54) is 13.2 Å². The average molecular weight is 417 g/mol. The van der Waals surface area contributed by atoms with E-state index in [4.69, 9.17) is 9.84 Å². The number of halogens is 1. The van der Waals surface area contributed by atoms with Crippen LogP contribution in [-0.2, 0) is 6.54 Å². The first kappa shape index (κ1) is 20.7. The van der Waals surface area contributed by atoms with Crippen LogP contribution in [0.15, 0.2) is 73.3 Å². The van der Waals surface area contributed by atoms with E-state index in [9.17, 15) is 4.39 Å². The Morgan fingerprint density at radius 3 is 2.61 bits per heavy atom. The highest BCUT2D eigenvalue weighted by Crippen LogP contribution is 2.30. The average Bonchev–Trinajstić information content (AvgIpc) is 3.23. The largest absolute Gasteiger partial charge is 0.497 e. The molecule has 0 bridgehead atoms. The smallest absolute Gasteiger partial charge is 0.136 e. The van der Waals surface area contributed by atoms with Gasteiger partial charge in [0, 0.05) is 42.2 Å². The van der Waals surface area contributed by atoms with Crippen LogP contribution >= 0.6 is 0 Å². The van der Waals surface area contributed by atoms with E-state index in [0.717, 1.165) is 16.9 Å². The van der Waals surface area contributed by atoms with Crippen molar-refractivity contribution in [2.45, 2.75) is 19.5 Å². The topological polar surface area (TPSA) is 56.1 Å². The van der Waals surface area contributed by atoms with Crippen molar-refractivity contribution in [3.63, 3.8) is 0 Å². The summed E-state index contributed by atoms with van der Waals surface area (Å²) in [7, 11) is 3.54. The van der Waals surface area contributed by atoms with E-state index in [0.29, 0.717) is 23.6 Å². The second kappa shape index (κ2) is 9.06. The van der Waals surface area contributed by atoms with Crippen molar-refractivity contribution in [3.8, 4) is 22.7 Å². The van der Waals surface area contributed by atoms with Gasteiger partial charge in [0.2, 0.25) is 0 Å². The second-order valence-electron chi connectivity index (χ2n) is 7.35. The molecule has 0 saturated carbocycles. The predicted octanol–water partition coefficient (Wildman–Crippen LogP) is 4.67. The van der Waals surface area contributed by atoms with E-state index >= 15 is 0 Å². The summed E-state index contributed by atoms with van der Waals surface area (Å²) in [4.78, 5) is 10.5. The summed E-state index contributed by atoms with van der Waals surface area (Å²) in [6.45, 7) is 2.65. The van der Waals surface area contributed by atoms with Gasteiger partial charge >= 0.3 is 0 Å². The van der Waals surface area contributed by atoms with Crippen LogP contribution in [0.25, 0.3) is 16.9 Å². The maximum atomic E-state index is 14.9. The summed E-state index contributed by atoms with van der Waals surface area (Å²) >= 11 is 0. The zero-order valence-electron chi connectivity index (χ0n) is 17.7. The number of para-hydroxylation sites is 1. The van der Waals surface area contributed by atoms with Crippen LogP contribution in [0, 0.1) is 5.82 Å². The molecule has 0 saturated heterocycles. The van der Waals surface area contributed by atoms with Crippen LogP contribution in [0.1, 0.15) is 24.2 Å². The predicted molar refractivity (Wildman–Crippen MR) is 117 cm³/mol. The first-order valence-electron chi connectivity index (χ1n) is 10.0. The van der Waals surface area contributed by atoms with Crippen LogP contribution in [0.5, 0.6) is 5.75 Å². The highest BCUT2D eigenvalue weighted by molar-refractivity contribution is 5.65. The molecule has 0 amide bonds. The van der Waals surface area contributed by atoms with E-state index in [-0.39, 0.29) is 11.9 Å². The molecule has 0 unspecified atom stereocenters. The zero-order valence-corrected chi connectivity index (χ0v) is 17.7. The summed E-state index contributed by atoms with van der Waals surface area (Å²) in [6.07, 6.45) is 5.24. The van der Waals surface area contributed by atoms with Gasteiger partial charge in [-0.3, -0.25) is 4.90 Å². The second-order valence-corrected chi connectivity index (χ2v) is 7.35. The molecule has 0 aliphatic carbocycles. The van der Waals surface area contributed by atoms with Gasteiger partial charge in [-0.2, -0.15) is 5.10 Å². The van der Waals surface area contributed by atoms with Crippen molar-refractivity contribution in [1.29, 1.82) is 0 Å². The lowest BCUT2D eigenvalue weighted by molar-refractivity contribution is 0.248. The Morgan fingerprint density at radius 2 is 1.94 bits per heavy atom. The lowest BCUT2D eigenvalue weighted by Gasteiger charge is -2.24. The SMILES string of the molecule is COc1ccc(-c2nn(-c3ccccc3)cc2CN(C)[C@H](C)c2ccncn2)c(F)c1. The maximum Gasteiger partial charge on any atom is 0.136 e. The number of hydrogen-bond donors (Lipinski definition) is 0. The summed E-state index contributed by atoms with van der Waals surface area (Å²) in [5.74, 6) is 0.102. The third-order valence-electron chi connectivity index (χ3n) is 5.36. The van der Waals surface area contributed by atoms with Gasteiger partial charge in [-0.25, -0.2) is 19.0 Å². The van der Waals surface area contributed by atoms with Crippen LogP contribution in [0.4, 0.5) is 4.39 Å². The number of hydrogen-bond acceptors (Lipinski definition) is 5. The molecule has 6 nitrogen and oxygen atoms in total. The highest BCUT2D eigenvalue weighted by Gasteiger charge is 2.20. The first-order chi connectivity index (χ1) is 15.1. The van der Waals surface area contributed by atoms with Crippen molar-refractivity contribution in [3.05, 3.63) is 90.4 Å². The minimum atomic E-state index is -0.370. The van der Waals surface area contributed by atoms with E-state index < -0.39 is 0 Å². The summed E-state index contributed by atoms with van der Waals surface area (Å²) in [5.41, 5.74) is 3.79. The summed E-state index contributed by atoms with van der Waals surface area (Å²) < 4.78 is 21.9. The minimum Gasteiger partial charge on any atom is -0.497 e. The highest BCUT2D eigenvalue weighted by atomic mass is 19.1. The molecule has 1 atom stereocenters. The van der Waals surface area contributed by atoms with Crippen LogP contribution in [0.2, 0.25) is 0 Å². The fraction of sp³-hybridized carbons (Fsp3) is 0.208. The number of ether oxygens (including phenoxy) is 1. The van der Waals surface area contributed by atoms with Crippen LogP contribution < -0.4 is 4.74 Å². The van der Waals surface area contributed by atoms with Gasteiger partial charge in [0.25, 0.3) is 0 Å². The Kier molecular flexibility index (Phi) is 6.04. The van der Waals surface area contributed by atoms with Crippen molar-refractivity contribution < 1.29 is 9.13 Å².